The maximum Gasteiger partial charge on any atom is 0.418 e. The van der Waals surface area contributed by atoms with Gasteiger partial charge in [-0.2, -0.15) is 13.5 Å². The van der Waals surface area contributed by atoms with Crippen LogP contribution < -0.4 is 16.2 Å². The van der Waals surface area contributed by atoms with E-state index in [1.807, 2.05) is 0 Å². The first-order valence-corrected chi connectivity index (χ1v) is 12.6. The van der Waals surface area contributed by atoms with Gasteiger partial charge in [0, 0.05) is 17.4 Å². The Bertz CT molecular complexity index is 1290. The minimum absolute atomic E-state index is 0.0330. The maximum absolute atomic E-state index is 13.0. The summed E-state index contributed by atoms with van der Waals surface area (Å²) in [5.74, 6) is -1.90. The lowest BCUT2D eigenvalue weighted by Crippen LogP contribution is -2.68. The van der Waals surface area contributed by atoms with Crippen LogP contribution in [0.15, 0.2) is 34.8 Å². The second-order valence-electron chi connectivity index (χ2n) is 8.10. The van der Waals surface area contributed by atoms with Gasteiger partial charge in [0.1, 0.15) is 23.9 Å². The number of thiazole rings is 1. The number of nitrogens with zero attached hydrogens (tertiary/aromatic N) is 3. The van der Waals surface area contributed by atoms with Crippen molar-refractivity contribution in [3.8, 4) is 5.75 Å². The van der Waals surface area contributed by atoms with Crippen LogP contribution in [0.4, 0.5) is 5.13 Å². The molecule has 0 bridgehead atoms. The molecule has 0 aliphatic carbocycles. The average Bonchev–Trinajstić information content (AvgIpc) is 3.23. The molecule has 1 fully saturated rings. The Labute approximate surface area is 210 Å². The molecule has 14 nitrogen and oxygen atoms in total. The van der Waals surface area contributed by atoms with Crippen molar-refractivity contribution in [3.05, 3.63) is 40.9 Å². The van der Waals surface area contributed by atoms with Crippen LogP contribution in [0.1, 0.15) is 31.5 Å². The number of aromatic nitrogens is 1. The summed E-state index contributed by atoms with van der Waals surface area (Å²) in [5, 5.41) is 13.4. The summed E-state index contributed by atoms with van der Waals surface area (Å²) in [6, 6.07) is 6.54. The number of β-lactam (4-membered cyclic amide) rings is 1. The number of carbonyl (C=O) groups excluding carboxylic acids is 2. The van der Waals surface area contributed by atoms with Gasteiger partial charge >= 0.3 is 10.4 Å². The largest absolute Gasteiger partial charge is 0.490 e. The normalized spacial score (nSPS) is 17.4. The Kier molecular flexibility index (Phi) is 7.92. The van der Waals surface area contributed by atoms with Gasteiger partial charge in [0.25, 0.3) is 5.91 Å². The summed E-state index contributed by atoms with van der Waals surface area (Å²) >= 11 is 1.08. The minimum atomic E-state index is -4.91. The monoisotopic (exact) mass is 540 g/mol. The highest BCUT2D eigenvalue weighted by Gasteiger charge is 2.57. The molecule has 1 unspecified atom stereocenters. The predicted octanol–water partition coefficient (Wildman–Crippen LogP) is 0.740. The molecule has 3 rings (SSSR count). The number of anilines is 1. The van der Waals surface area contributed by atoms with E-state index >= 15 is 0 Å². The van der Waals surface area contributed by atoms with E-state index in [9.17, 15) is 18.0 Å². The Morgan fingerprint density at radius 2 is 1.97 bits per heavy atom. The standard InChI is InChI=1S/C20H24N6O8S2/c1-20(2)13(18(28)26(20)34-36(29,30)31)9-15(27)16(14-10-35-19(23)24-14)25-33-8-7-32-12-5-3-11(4-6-12)17(21)22/h3-6,10,13H,7-9H2,1-2H3,(H3,21,22)(H2,23,24)(H,29,30,31)/b25-16-. The highest BCUT2D eigenvalue weighted by atomic mass is 32.3. The van der Waals surface area contributed by atoms with Gasteiger partial charge in [-0.05, 0) is 38.1 Å². The Morgan fingerprint density at radius 3 is 2.50 bits per heavy atom. The van der Waals surface area contributed by atoms with Gasteiger partial charge < -0.3 is 21.0 Å². The number of ether oxygens (including phenoxy) is 1. The van der Waals surface area contributed by atoms with E-state index in [2.05, 4.69) is 14.4 Å². The molecule has 1 aromatic carbocycles. The zero-order valence-electron chi connectivity index (χ0n) is 19.2. The molecule has 2 heterocycles. The number of hydroxylamine groups is 2. The van der Waals surface area contributed by atoms with Crippen LogP contribution in [0.25, 0.3) is 0 Å². The van der Waals surface area contributed by atoms with Crippen molar-refractivity contribution in [2.75, 3.05) is 18.9 Å². The van der Waals surface area contributed by atoms with E-state index in [0.29, 0.717) is 16.4 Å². The highest BCUT2D eigenvalue weighted by molar-refractivity contribution is 7.80. The molecule has 194 valence electrons. The summed E-state index contributed by atoms with van der Waals surface area (Å²) in [6.07, 6.45) is -0.351. The molecular formula is C20H24N6O8S2. The van der Waals surface area contributed by atoms with E-state index in [1.54, 1.807) is 24.3 Å². The van der Waals surface area contributed by atoms with Gasteiger partial charge in [-0.15, -0.1) is 15.6 Å². The number of nitrogens with two attached hydrogens (primary N) is 2. The smallest absolute Gasteiger partial charge is 0.418 e. The first-order chi connectivity index (χ1) is 16.8. The number of Topliss-reactive ketones (excluding diaryl/α,β-unsaturated/α-hetero) is 1. The topological polar surface area (TPSA) is 221 Å². The molecular weight excluding hydrogens is 516 g/mol. The number of carbonyl (C=O) groups is 2. The van der Waals surface area contributed by atoms with Crippen LogP contribution in [0.2, 0.25) is 0 Å². The first kappa shape index (κ1) is 27.0. The van der Waals surface area contributed by atoms with E-state index < -0.39 is 33.5 Å². The summed E-state index contributed by atoms with van der Waals surface area (Å²) in [5.41, 5.74) is 10.4. The summed E-state index contributed by atoms with van der Waals surface area (Å²) in [4.78, 5) is 34.7. The minimum Gasteiger partial charge on any atom is -0.490 e. The molecule has 1 aliphatic rings. The number of oxime groups is 1. The molecule has 1 aliphatic heterocycles. The van der Waals surface area contributed by atoms with Gasteiger partial charge in [-0.1, -0.05) is 5.16 Å². The number of hydrogen-bond acceptors (Lipinski definition) is 12. The Morgan fingerprint density at radius 1 is 1.31 bits per heavy atom. The average molecular weight is 541 g/mol. The van der Waals surface area contributed by atoms with Gasteiger partial charge in [0.15, 0.2) is 23.2 Å². The quantitative estimate of drug-likeness (QED) is 0.0734. The van der Waals surface area contributed by atoms with Crippen molar-refractivity contribution < 1.29 is 36.4 Å². The van der Waals surface area contributed by atoms with Crippen LogP contribution in [0.3, 0.4) is 0 Å². The lowest BCUT2D eigenvalue weighted by Gasteiger charge is -2.50. The molecule has 0 spiro atoms. The number of rotatable bonds is 12. The Hall–Kier alpha value is -3.60. The summed E-state index contributed by atoms with van der Waals surface area (Å²) in [7, 11) is -4.91. The van der Waals surface area contributed by atoms with Crippen molar-refractivity contribution in [2.24, 2.45) is 16.8 Å². The lowest BCUT2D eigenvalue weighted by molar-refractivity contribution is -0.228. The van der Waals surface area contributed by atoms with Gasteiger partial charge in [0.2, 0.25) is 0 Å². The third-order valence-electron chi connectivity index (χ3n) is 5.23. The first-order valence-electron chi connectivity index (χ1n) is 10.3. The number of ketones is 1. The number of hydrogen-bond donors (Lipinski definition) is 4. The van der Waals surface area contributed by atoms with Crippen molar-refractivity contribution in [1.82, 2.24) is 10.0 Å². The Balaban J connectivity index is 1.64. The molecule has 1 amide bonds. The lowest BCUT2D eigenvalue weighted by atomic mass is 9.74. The van der Waals surface area contributed by atoms with Crippen LogP contribution in [0.5, 0.6) is 5.75 Å². The van der Waals surface area contributed by atoms with E-state index in [0.717, 1.165) is 11.3 Å². The summed E-state index contributed by atoms with van der Waals surface area (Å²) < 4.78 is 40.7. The molecule has 6 N–H and O–H groups in total. The zero-order chi connectivity index (χ0) is 26.7. The van der Waals surface area contributed by atoms with E-state index in [4.69, 9.17) is 31.0 Å². The summed E-state index contributed by atoms with van der Waals surface area (Å²) in [6.45, 7) is 3.01. The van der Waals surface area contributed by atoms with Crippen LogP contribution in [0, 0.1) is 11.3 Å². The van der Waals surface area contributed by atoms with Crippen molar-refractivity contribution >= 4 is 50.1 Å². The van der Waals surface area contributed by atoms with Crippen molar-refractivity contribution in [1.29, 1.82) is 5.41 Å². The third-order valence-corrected chi connectivity index (χ3v) is 6.24. The molecule has 2 aromatic rings. The fourth-order valence-corrected chi connectivity index (χ4v) is 4.33. The number of nitrogens with one attached hydrogen (secondary N) is 1. The number of benzene rings is 1. The van der Waals surface area contributed by atoms with Gasteiger partial charge in [-0.3, -0.25) is 19.6 Å². The van der Waals surface area contributed by atoms with E-state index in [1.165, 1.54) is 19.2 Å². The molecule has 1 atom stereocenters. The second-order valence-corrected chi connectivity index (χ2v) is 9.99. The fourth-order valence-electron chi connectivity index (χ4n) is 3.32. The predicted molar refractivity (Wildman–Crippen MR) is 129 cm³/mol. The van der Waals surface area contributed by atoms with Crippen LogP contribution in [-0.4, -0.2) is 65.0 Å². The van der Waals surface area contributed by atoms with E-state index in [-0.39, 0.29) is 42.0 Å². The van der Waals surface area contributed by atoms with Crippen LogP contribution >= 0.6 is 11.3 Å². The molecule has 1 aromatic heterocycles. The van der Waals surface area contributed by atoms with Gasteiger partial charge in [0.05, 0.1) is 11.5 Å². The van der Waals surface area contributed by atoms with Crippen LogP contribution in [-0.2, 0) is 29.1 Å². The zero-order valence-corrected chi connectivity index (χ0v) is 20.8. The molecule has 1 saturated heterocycles. The van der Waals surface area contributed by atoms with Crippen molar-refractivity contribution in [2.45, 2.75) is 25.8 Å². The molecule has 0 radical (unpaired) electrons. The van der Waals surface area contributed by atoms with Crippen molar-refractivity contribution in [3.63, 3.8) is 0 Å². The SMILES string of the molecule is CC1(C)C(CC(=O)/C(=N\OCCOc2ccc(C(=N)N)cc2)c2csc(N)n2)C(=O)N1OS(=O)(=O)O. The molecule has 36 heavy (non-hydrogen) atoms. The maximum atomic E-state index is 13.0. The number of amides is 1. The number of amidine groups is 1. The number of nitrogen functional groups attached to an aromatic ring is 2. The molecule has 0 saturated carbocycles. The highest BCUT2D eigenvalue weighted by Crippen LogP contribution is 2.40. The third kappa shape index (κ3) is 6.34. The molecule has 16 heteroatoms. The van der Waals surface area contributed by atoms with Gasteiger partial charge in [-0.25, -0.2) is 4.98 Å². The second kappa shape index (κ2) is 10.6. The fraction of sp³-hybridized carbons (Fsp3) is 0.350.